The molecule has 1 saturated carbocycles. The number of carbonyl (C=O) groups is 1. The number of para-hydroxylation sites is 1. The Bertz CT molecular complexity index is 506. The largest absolute Gasteiger partial charge is 0.324 e. The molecule has 0 aliphatic heterocycles. The molecule has 1 N–H and O–H groups in total. The maximum absolute atomic E-state index is 12.1. The standard InChI is InChI=1S/C15H18ClN3O/c16-13-7-3-4-8-14(13)18-15(20)11-19(10-9-17)12-5-1-2-6-12/h3-4,7-8,12H,1-2,5-6,10-11H2,(H,18,20). The van der Waals surface area contributed by atoms with Gasteiger partial charge in [0, 0.05) is 6.04 Å². The van der Waals surface area contributed by atoms with E-state index in [2.05, 4.69) is 11.4 Å². The summed E-state index contributed by atoms with van der Waals surface area (Å²) < 4.78 is 0. The molecule has 0 unspecified atom stereocenters. The molecule has 106 valence electrons. The molecule has 0 spiro atoms. The molecule has 1 aliphatic rings. The Morgan fingerprint density at radius 1 is 1.40 bits per heavy atom. The van der Waals surface area contributed by atoms with E-state index in [1.807, 2.05) is 17.0 Å². The fourth-order valence-electron chi connectivity index (χ4n) is 2.61. The highest BCUT2D eigenvalue weighted by atomic mass is 35.5. The molecule has 1 amide bonds. The first-order valence-corrected chi connectivity index (χ1v) is 7.24. The van der Waals surface area contributed by atoms with Gasteiger partial charge in [-0.1, -0.05) is 36.6 Å². The first-order chi connectivity index (χ1) is 9.70. The Morgan fingerprint density at radius 2 is 2.10 bits per heavy atom. The lowest BCUT2D eigenvalue weighted by molar-refractivity contribution is -0.117. The van der Waals surface area contributed by atoms with E-state index in [4.69, 9.17) is 16.9 Å². The number of hydrogen-bond donors (Lipinski definition) is 1. The first-order valence-electron chi connectivity index (χ1n) is 6.86. The summed E-state index contributed by atoms with van der Waals surface area (Å²) in [6.07, 6.45) is 4.50. The minimum absolute atomic E-state index is 0.125. The van der Waals surface area contributed by atoms with Gasteiger partial charge in [-0.25, -0.2) is 0 Å². The normalized spacial score (nSPS) is 15.2. The zero-order chi connectivity index (χ0) is 14.4. The lowest BCUT2D eigenvalue weighted by Crippen LogP contribution is -2.39. The Hall–Kier alpha value is -1.57. The van der Waals surface area contributed by atoms with Crippen molar-refractivity contribution in [3.05, 3.63) is 29.3 Å². The monoisotopic (exact) mass is 291 g/mol. The van der Waals surface area contributed by atoms with E-state index in [0.717, 1.165) is 12.8 Å². The first kappa shape index (κ1) is 14.8. The zero-order valence-corrected chi connectivity index (χ0v) is 12.1. The smallest absolute Gasteiger partial charge is 0.238 e. The number of rotatable bonds is 5. The molecule has 2 rings (SSSR count). The van der Waals surface area contributed by atoms with E-state index in [1.165, 1.54) is 12.8 Å². The summed E-state index contributed by atoms with van der Waals surface area (Å²) in [7, 11) is 0. The van der Waals surface area contributed by atoms with Crippen LogP contribution in [0.25, 0.3) is 0 Å². The van der Waals surface area contributed by atoms with Crippen LogP contribution in [-0.4, -0.2) is 29.9 Å². The molecule has 4 nitrogen and oxygen atoms in total. The van der Waals surface area contributed by atoms with Gasteiger partial charge in [-0.3, -0.25) is 9.69 Å². The third kappa shape index (κ3) is 3.96. The molecular formula is C15H18ClN3O. The summed E-state index contributed by atoms with van der Waals surface area (Å²) >= 11 is 6.01. The van der Waals surface area contributed by atoms with E-state index in [0.29, 0.717) is 23.3 Å². The summed E-state index contributed by atoms with van der Waals surface area (Å²) in [5, 5.41) is 12.2. The molecule has 1 aromatic carbocycles. The van der Waals surface area contributed by atoms with Gasteiger partial charge in [-0.05, 0) is 25.0 Å². The van der Waals surface area contributed by atoms with Gasteiger partial charge in [0.15, 0.2) is 0 Å². The molecule has 20 heavy (non-hydrogen) atoms. The summed E-state index contributed by atoms with van der Waals surface area (Å²) in [5.74, 6) is -0.125. The van der Waals surface area contributed by atoms with Gasteiger partial charge in [0.2, 0.25) is 5.91 Å². The Labute approximate surface area is 124 Å². The topological polar surface area (TPSA) is 56.1 Å². The number of carbonyl (C=O) groups excluding carboxylic acids is 1. The summed E-state index contributed by atoms with van der Waals surface area (Å²) in [6.45, 7) is 0.532. The fraction of sp³-hybridized carbons (Fsp3) is 0.467. The molecule has 0 atom stereocenters. The molecule has 1 fully saturated rings. The van der Waals surface area contributed by atoms with E-state index in [9.17, 15) is 4.79 Å². The maximum Gasteiger partial charge on any atom is 0.238 e. The molecular weight excluding hydrogens is 274 g/mol. The van der Waals surface area contributed by atoms with Crippen molar-refractivity contribution in [2.24, 2.45) is 0 Å². The van der Waals surface area contributed by atoms with Gasteiger partial charge in [0.05, 0.1) is 29.9 Å². The number of nitriles is 1. The summed E-state index contributed by atoms with van der Waals surface area (Å²) in [5.41, 5.74) is 0.613. The van der Waals surface area contributed by atoms with Crippen molar-refractivity contribution < 1.29 is 4.79 Å². The van der Waals surface area contributed by atoms with Crippen LogP contribution in [-0.2, 0) is 4.79 Å². The third-order valence-electron chi connectivity index (χ3n) is 3.61. The van der Waals surface area contributed by atoms with Crippen molar-refractivity contribution in [3.8, 4) is 6.07 Å². The number of anilines is 1. The van der Waals surface area contributed by atoms with Crippen molar-refractivity contribution in [3.63, 3.8) is 0 Å². The average molecular weight is 292 g/mol. The van der Waals surface area contributed by atoms with E-state index in [1.54, 1.807) is 12.1 Å². The van der Waals surface area contributed by atoms with Crippen molar-refractivity contribution in [1.29, 1.82) is 5.26 Å². The predicted molar refractivity (Wildman–Crippen MR) is 79.5 cm³/mol. The quantitative estimate of drug-likeness (QED) is 0.848. The van der Waals surface area contributed by atoms with Crippen LogP contribution in [0.4, 0.5) is 5.69 Å². The van der Waals surface area contributed by atoms with Crippen LogP contribution in [0.5, 0.6) is 0 Å². The fourth-order valence-corrected chi connectivity index (χ4v) is 2.79. The van der Waals surface area contributed by atoms with Crippen molar-refractivity contribution >= 4 is 23.2 Å². The SMILES string of the molecule is N#CCN(CC(=O)Nc1ccccc1Cl)C1CCCC1. The number of nitrogens with zero attached hydrogens (tertiary/aromatic N) is 2. The van der Waals surface area contributed by atoms with Gasteiger partial charge in [-0.2, -0.15) is 5.26 Å². The second-order valence-electron chi connectivity index (χ2n) is 5.03. The average Bonchev–Trinajstić information content (AvgIpc) is 2.95. The summed E-state index contributed by atoms with van der Waals surface area (Å²) in [6, 6.07) is 9.65. The second-order valence-corrected chi connectivity index (χ2v) is 5.44. The van der Waals surface area contributed by atoms with E-state index < -0.39 is 0 Å². The summed E-state index contributed by atoms with van der Waals surface area (Å²) in [4.78, 5) is 14.0. The lowest BCUT2D eigenvalue weighted by atomic mass is 10.2. The molecule has 0 aromatic heterocycles. The van der Waals surface area contributed by atoms with Crippen LogP contribution in [0.2, 0.25) is 5.02 Å². The van der Waals surface area contributed by atoms with Crippen LogP contribution in [0.3, 0.4) is 0 Å². The van der Waals surface area contributed by atoms with Gasteiger partial charge in [-0.15, -0.1) is 0 Å². The number of nitrogens with one attached hydrogen (secondary N) is 1. The van der Waals surface area contributed by atoms with Crippen molar-refractivity contribution in [2.45, 2.75) is 31.7 Å². The molecule has 5 heteroatoms. The highest BCUT2D eigenvalue weighted by Crippen LogP contribution is 2.24. The van der Waals surface area contributed by atoms with E-state index in [-0.39, 0.29) is 12.5 Å². The van der Waals surface area contributed by atoms with Crippen LogP contribution in [0.15, 0.2) is 24.3 Å². The minimum atomic E-state index is -0.125. The number of halogens is 1. The molecule has 1 aliphatic carbocycles. The number of amides is 1. The molecule has 1 aromatic rings. The zero-order valence-electron chi connectivity index (χ0n) is 11.3. The highest BCUT2D eigenvalue weighted by molar-refractivity contribution is 6.33. The van der Waals surface area contributed by atoms with Gasteiger partial charge < -0.3 is 5.32 Å². The van der Waals surface area contributed by atoms with Crippen molar-refractivity contribution in [1.82, 2.24) is 4.90 Å². The van der Waals surface area contributed by atoms with Crippen LogP contribution in [0, 0.1) is 11.3 Å². The maximum atomic E-state index is 12.1. The Morgan fingerprint density at radius 3 is 2.75 bits per heavy atom. The van der Waals surface area contributed by atoms with Crippen LogP contribution < -0.4 is 5.32 Å². The molecule has 0 bridgehead atoms. The number of hydrogen-bond acceptors (Lipinski definition) is 3. The lowest BCUT2D eigenvalue weighted by Gasteiger charge is -2.25. The predicted octanol–water partition coefficient (Wildman–Crippen LogP) is 3.05. The molecule has 0 radical (unpaired) electrons. The molecule has 0 saturated heterocycles. The van der Waals surface area contributed by atoms with Gasteiger partial charge in [0.1, 0.15) is 0 Å². The third-order valence-corrected chi connectivity index (χ3v) is 3.94. The second kappa shape index (κ2) is 7.28. The van der Waals surface area contributed by atoms with E-state index >= 15 is 0 Å². The van der Waals surface area contributed by atoms with Gasteiger partial charge >= 0.3 is 0 Å². The Balaban J connectivity index is 1.94. The van der Waals surface area contributed by atoms with Gasteiger partial charge in [0.25, 0.3) is 0 Å². The minimum Gasteiger partial charge on any atom is -0.324 e. The highest BCUT2D eigenvalue weighted by Gasteiger charge is 2.24. The van der Waals surface area contributed by atoms with Crippen LogP contribution >= 0.6 is 11.6 Å². The van der Waals surface area contributed by atoms with Crippen LogP contribution in [0.1, 0.15) is 25.7 Å². The van der Waals surface area contributed by atoms with Crippen molar-refractivity contribution in [2.75, 3.05) is 18.4 Å². The Kier molecular flexibility index (Phi) is 5.40. The molecule has 0 heterocycles. The number of benzene rings is 1.